The van der Waals surface area contributed by atoms with Gasteiger partial charge < -0.3 is 9.47 Å². The van der Waals surface area contributed by atoms with Crippen molar-refractivity contribution in [3.8, 4) is 22.8 Å². The molecule has 8 heteroatoms. The Morgan fingerprint density at radius 1 is 1.13 bits per heavy atom. The Hall–Kier alpha value is -3.23. The zero-order valence-corrected chi connectivity index (χ0v) is 18.0. The summed E-state index contributed by atoms with van der Waals surface area (Å²) in [5, 5.41) is 7.26. The van der Waals surface area contributed by atoms with E-state index in [9.17, 15) is 4.79 Å². The number of nitrogens with zero attached hydrogens (tertiary/aromatic N) is 2. The van der Waals surface area contributed by atoms with Crippen molar-refractivity contribution < 1.29 is 14.3 Å². The van der Waals surface area contributed by atoms with Crippen LogP contribution in [-0.4, -0.2) is 23.0 Å². The maximum Gasteiger partial charge on any atom is 0.257 e. The molecule has 0 bridgehead atoms. The highest BCUT2D eigenvalue weighted by Crippen LogP contribution is 2.30. The number of amides is 1. The Morgan fingerprint density at radius 2 is 2.00 bits per heavy atom. The number of carbonyl (C=O) groups is 1. The fraction of sp³-hybridized carbons (Fsp3) is 0.136. The summed E-state index contributed by atoms with van der Waals surface area (Å²) in [5.41, 5.74) is 6.09. The molecule has 0 saturated heterocycles. The fourth-order valence-electron chi connectivity index (χ4n) is 2.87. The lowest BCUT2D eigenvalue weighted by atomic mass is 10.1. The van der Waals surface area contributed by atoms with Crippen molar-refractivity contribution in [2.75, 3.05) is 12.4 Å². The Balaban J connectivity index is 1.46. The summed E-state index contributed by atoms with van der Waals surface area (Å²) >= 11 is 2.90. The first kappa shape index (κ1) is 20.1. The molecule has 2 heterocycles. The van der Waals surface area contributed by atoms with Crippen LogP contribution in [0.3, 0.4) is 0 Å². The Labute approximate surface area is 182 Å². The van der Waals surface area contributed by atoms with Crippen LogP contribution in [0.25, 0.3) is 11.3 Å². The van der Waals surface area contributed by atoms with E-state index >= 15 is 0 Å². The number of ether oxygens (including phenoxy) is 2. The number of benzene rings is 2. The molecule has 0 atom stereocenters. The molecule has 4 rings (SSSR count). The first-order valence-electron chi connectivity index (χ1n) is 9.15. The number of thiazole rings is 2. The average Bonchev–Trinajstić information content (AvgIpc) is 3.44. The summed E-state index contributed by atoms with van der Waals surface area (Å²) in [6.45, 7) is 2.38. The lowest BCUT2D eigenvalue weighted by Gasteiger charge is -2.11. The molecule has 30 heavy (non-hydrogen) atoms. The van der Waals surface area contributed by atoms with E-state index in [4.69, 9.17) is 9.47 Å². The third-order valence-electron chi connectivity index (χ3n) is 4.43. The highest BCUT2D eigenvalue weighted by Gasteiger charge is 2.14. The Kier molecular flexibility index (Phi) is 6.06. The predicted molar refractivity (Wildman–Crippen MR) is 120 cm³/mol. The third-order valence-corrected chi connectivity index (χ3v) is 5.82. The van der Waals surface area contributed by atoms with Crippen LogP contribution in [0.2, 0.25) is 0 Å². The van der Waals surface area contributed by atoms with Crippen LogP contribution in [0, 0.1) is 6.92 Å². The molecule has 0 aliphatic carbocycles. The van der Waals surface area contributed by atoms with E-state index in [2.05, 4.69) is 15.3 Å². The quantitative estimate of drug-likeness (QED) is 0.418. The van der Waals surface area contributed by atoms with Crippen LogP contribution in [0.5, 0.6) is 11.5 Å². The summed E-state index contributed by atoms with van der Waals surface area (Å²) in [7, 11) is 1.54. The van der Waals surface area contributed by atoms with Gasteiger partial charge in [0.05, 0.1) is 24.0 Å². The number of hydrogen-bond donors (Lipinski definition) is 1. The van der Waals surface area contributed by atoms with Gasteiger partial charge in [0.1, 0.15) is 6.61 Å². The van der Waals surface area contributed by atoms with Gasteiger partial charge >= 0.3 is 0 Å². The van der Waals surface area contributed by atoms with Crippen molar-refractivity contribution >= 4 is 33.7 Å². The smallest absolute Gasteiger partial charge is 0.257 e. The van der Waals surface area contributed by atoms with E-state index < -0.39 is 0 Å². The summed E-state index contributed by atoms with van der Waals surface area (Å²) in [4.78, 5) is 21.4. The zero-order chi connectivity index (χ0) is 20.9. The molecule has 4 aromatic rings. The maximum atomic E-state index is 12.7. The molecule has 0 spiro atoms. The SMILES string of the molecule is COc1cc(C(=O)Nc2nc(-c3ccccc3C)cs2)ccc1OCc1cscn1. The number of aromatic nitrogens is 2. The minimum Gasteiger partial charge on any atom is -0.493 e. The van der Waals surface area contributed by atoms with Crippen LogP contribution in [0.4, 0.5) is 5.13 Å². The summed E-state index contributed by atoms with van der Waals surface area (Å²) < 4.78 is 11.2. The largest absolute Gasteiger partial charge is 0.493 e. The molecule has 1 amide bonds. The van der Waals surface area contributed by atoms with Crippen molar-refractivity contribution in [3.63, 3.8) is 0 Å². The molecule has 0 aliphatic rings. The molecule has 152 valence electrons. The van der Waals surface area contributed by atoms with Crippen molar-refractivity contribution in [1.82, 2.24) is 9.97 Å². The summed E-state index contributed by atoms with van der Waals surface area (Å²) in [5.74, 6) is 0.779. The third kappa shape index (κ3) is 4.50. The molecule has 0 unspecified atom stereocenters. The summed E-state index contributed by atoms with van der Waals surface area (Å²) in [6.07, 6.45) is 0. The zero-order valence-electron chi connectivity index (χ0n) is 16.4. The number of anilines is 1. The Morgan fingerprint density at radius 3 is 2.77 bits per heavy atom. The molecule has 1 N–H and O–H groups in total. The second-order valence-electron chi connectivity index (χ2n) is 6.44. The number of carbonyl (C=O) groups excluding carboxylic acids is 1. The van der Waals surface area contributed by atoms with E-state index in [-0.39, 0.29) is 5.91 Å². The van der Waals surface area contributed by atoms with Gasteiger partial charge in [-0.15, -0.1) is 22.7 Å². The normalized spacial score (nSPS) is 10.6. The van der Waals surface area contributed by atoms with Crippen molar-refractivity contribution in [3.05, 3.63) is 75.6 Å². The van der Waals surface area contributed by atoms with Crippen molar-refractivity contribution in [1.29, 1.82) is 0 Å². The van der Waals surface area contributed by atoms with Gasteiger partial charge in [-0.25, -0.2) is 9.97 Å². The molecule has 2 aromatic carbocycles. The van der Waals surface area contributed by atoms with Crippen LogP contribution < -0.4 is 14.8 Å². The standard InChI is InChI=1S/C22H19N3O3S2/c1-14-5-3-4-6-17(14)18-12-30-22(24-18)25-21(26)15-7-8-19(20(9-15)27-2)28-10-16-11-29-13-23-16/h3-9,11-13H,10H2,1-2H3,(H,24,25,26). The van der Waals surface area contributed by atoms with Crippen molar-refractivity contribution in [2.24, 2.45) is 0 Å². The molecule has 0 aliphatic heterocycles. The van der Waals surface area contributed by atoms with Gasteiger partial charge in [-0.3, -0.25) is 10.1 Å². The monoisotopic (exact) mass is 437 g/mol. The number of hydrogen-bond acceptors (Lipinski definition) is 7. The van der Waals surface area contributed by atoms with Crippen LogP contribution in [0.15, 0.2) is 58.7 Å². The highest BCUT2D eigenvalue weighted by molar-refractivity contribution is 7.14. The highest BCUT2D eigenvalue weighted by atomic mass is 32.1. The van der Waals surface area contributed by atoms with Crippen molar-refractivity contribution in [2.45, 2.75) is 13.5 Å². The van der Waals surface area contributed by atoms with Crippen LogP contribution in [0.1, 0.15) is 21.6 Å². The topological polar surface area (TPSA) is 73.3 Å². The molecule has 0 saturated carbocycles. The molecular weight excluding hydrogens is 418 g/mol. The maximum absolute atomic E-state index is 12.7. The van der Waals surface area contributed by atoms with E-state index in [0.717, 1.165) is 22.5 Å². The van der Waals surface area contributed by atoms with Gasteiger partial charge in [0.25, 0.3) is 5.91 Å². The van der Waals surface area contributed by atoms with Gasteiger partial charge in [0.2, 0.25) is 0 Å². The number of methoxy groups -OCH3 is 1. The van der Waals surface area contributed by atoms with E-state index in [1.807, 2.05) is 41.9 Å². The Bertz CT molecular complexity index is 1160. The van der Waals surface area contributed by atoms with Crippen LogP contribution >= 0.6 is 22.7 Å². The first-order valence-corrected chi connectivity index (χ1v) is 11.0. The second-order valence-corrected chi connectivity index (χ2v) is 8.02. The van der Waals surface area contributed by atoms with E-state index in [1.165, 1.54) is 22.7 Å². The number of rotatable bonds is 7. The minimum absolute atomic E-state index is 0.259. The second kappa shape index (κ2) is 9.06. The molecule has 6 nitrogen and oxygen atoms in total. The molecule has 2 aromatic heterocycles. The van der Waals surface area contributed by atoms with E-state index in [1.54, 1.807) is 30.8 Å². The lowest BCUT2D eigenvalue weighted by molar-refractivity contribution is 0.102. The van der Waals surface area contributed by atoms with Gasteiger partial charge in [-0.05, 0) is 30.7 Å². The minimum atomic E-state index is -0.259. The molecular formula is C22H19N3O3S2. The van der Waals surface area contributed by atoms with E-state index in [0.29, 0.717) is 28.8 Å². The van der Waals surface area contributed by atoms with Gasteiger partial charge in [0.15, 0.2) is 16.6 Å². The average molecular weight is 438 g/mol. The molecule has 0 fully saturated rings. The number of nitrogens with one attached hydrogen (secondary N) is 1. The van der Waals surface area contributed by atoms with Gasteiger partial charge in [-0.1, -0.05) is 24.3 Å². The summed E-state index contributed by atoms with van der Waals surface area (Å²) in [6, 6.07) is 13.1. The fourth-order valence-corrected chi connectivity index (χ4v) is 4.12. The first-order chi connectivity index (χ1) is 14.6. The van der Waals surface area contributed by atoms with Crippen LogP contribution in [-0.2, 0) is 6.61 Å². The number of aryl methyl sites for hydroxylation is 1. The van der Waals surface area contributed by atoms with Gasteiger partial charge in [0, 0.05) is 21.9 Å². The molecule has 0 radical (unpaired) electrons. The predicted octanol–water partition coefficient (Wildman–Crippen LogP) is 5.41. The van der Waals surface area contributed by atoms with Gasteiger partial charge in [-0.2, -0.15) is 0 Å². The lowest BCUT2D eigenvalue weighted by Crippen LogP contribution is -2.12.